The van der Waals surface area contributed by atoms with Gasteiger partial charge in [0.15, 0.2) is 5.65 Å². The number of carboxylic acid groups (broad SMARTS) is 1. The number of fused-ring (bicyclic) bond motifs is 1. The van der Waals surface area contributed by atoms with Crippen molar-refractivity contribution in [3.8, 4) is 0 Å². The lowest BCUT2D eigenvalue weighted by atomic mass is 9.90. The standard InChI is InChI=1S/C27H30N4O2/c1-5-23-30-25-17(3)14-18(4)29-26(25)31(23)16-21-13-12-20(15-22(21)28-6-2)24(27(32)33)19-10-8-7-9-11-19/h7-15,24,28H,5-6,16H2,1-4H3,(H,32,33). The van der Waals surface area contributed by atoms with Crippen LogP contribution >= 0.6 is 0 Å². The topological polar surface area (TPSA) is 80.0 Å². The van der Waals surface area contributed by atoms with Crippen LogP contribution in [0.5, 0.6) is 0 Å². The fourth-order valence-electron chi connectivity index (χ4n) is 4.44. The third-order valence-corrected chi connectivity index (χ3v) is 5.96. The first-order valence-electron chi connectivity index (χ1n) is 11.4. The maximum atomic E-state index is 12.2. The lowest BCUT2D eigenvalue weighted by Gasteiger charge is -2.18. The fourth-order valence-corrected chi connectivity index (χ4v) is 4.44. The molecule has 0 amide bonds. The van der Waals surface area contributed by atoms with E-state index in [0.29, 0.717) is 6.54 Å². The highest BCUT2D eigenvalue weighted by Gasteiger charge is 2.23. The first-order valence-corrected chi connectivity index (χ1v) is 11.4. The van der Waals surface area contributed by atoms with Crippen LogP contribution < -0.4 is 5.32 Å². The monoisotopic (exact) mass is 442 g/mol. The summed E-state index contributed by atoms with van der Waals surface area (Å²) in [5, 5.41) is 13.4. The Morgan fingerprint density at radius 2 is 1.79 bits per heavy atom. The molecule has 1 atom stereocenters. The molecule has 1 unspecified atom stereocenters. The minimum absolute atomic E-state index is 0.612. The van der Waals surface area contributed by atoms with Gasteiger partial charge in [0.25, 0.3) is 0 Å². The van der Waals surface area contributed by atoms with Crippen molar-refractivity contribution in [3.05, 3.63) is 88.4 Å². The van der Waals surface area contributed by atoms with E-state index in [1.54, 1.807) is 0 Å². The van der Waals surface area contributed by atoms with E-state index in [1.807, 2.05) is 62.4 Å². The van der Waals surface area contributed by atoms with Crippen LogP contribution in [0.1, 0.15) is 53.5 Å². The molecule has 0 saturated carbocycles. The molecule has 4 aromatic rings. The van der Waals surface area contributed by atoms with E-state index in [4.69, 9.17) is 9.97 Å². The molecule has 0 saturated heterocycles. The van der Waals surface area contributed by atoms with Gasteiger partial charge in [-0.15, -0.1) is 0 Å². The molecule has 170 valence electrons. The largest absolute Gasteiger partial charge is 0.481 e. The van der Waals surface area contributed by atoms with Gasteiger partial charge in [-0.2, -0.15) is 0 Å². The first kappa shape index (κ1) is 22.5. The van der Waals surface area contributed by atoms with E-state index >= 15 is 0 Å². The summed E-state index contributed by atoms with van der Waals surface area (Å²) in [4.78, 5) is 21.8. The molecule has 2 N–H and O–H groups in total. The Morgan fingerprint density at radius 3 is 2.45 bits per heavy atom. The molecule has 2 heterocycles. The Bertz CT molecular complexity index is 1290. The number of pyridine rings is 1. The number of nitrogens with one attached hydrogen (secondary N) is 1. The van der Waals surface area contributed by atoms with Crippen LogP contribution in [0.2, 0.25) is 0 Å². The minimum Gasteiger partial charge on any atom is -0.481 e. The van der Waals surface area contributed by atoms with Crippen LogP contribution in [-0.4, -0.2) is 32.2 Å². The Balaban J connectivity index is 1.79. The summed E-state index contributed by atoms with van der Waals surface area (Å²) in [5.41, 5.74) is 7.46. The maximum absolute atomic E-state index is 12.2. The number of carbonyl (C=O) groups is 1. The van der Waals surface area contributed by atoms with Crippen LogP contribution in [0, 0.1) is 13.8 Å². The second-order valence-electron chi connectivity index (χ2n) is 8.35. The van der Waals surface area contributed by atoms with Crippen molar-refractivity contribution >= 4 is 22.8 Å². The minimum atomic E-state index is -0.861. The number of benzene rings is 2. The molecular weight excluding hydrogens is 412 g/mol. The molecule has 4 rings (SSSR count). The third kappa shape index (κ3) is 4.46. The van der Waals surface area contributed by atoms with Crippen LogP contribution in [0.15, 0.2) is 54.6 Å². The number of aryl methyl sites for hydroxylation is 3. The summed E-state index contributed by atoms with van der Waals surface area (Å²) < 4.78 is 2.18. The normalized spacial score (nSPS) is 12.1. The molecule has 2 aromatic heterocycles. The lowest BCUT2D eigenvalue weighted by molar-refractivity contribution is -0.137. The van der Waals surface area contributed by atoms with E-state index in [0.717, 1.165) is 63.6 Å². The van der Waals surface area contributed by atoms with Gasteiger partial charge in [-0.1, -0.05) is 49.4 Å². The van der Waals surface area contributed by atoms with Crippen LogP contribution in [0.3, 0.4) is 0 Å². The molecule has 0 bridgehead atoms. The molecule has 6 nitrogen and oxygen atoms in total. The molecular formula is C27H30N4O2. The maximum Gasteiger partial charge on any atom is 0.315 e. The van der Waals surface area contributed by atoms with Crippen LogP contribution in [0.25, 0.3) is 11.2 Å². The van der Waals surface area contributed by atoms with Gasteiger partial charge < -0.3 is 15.0 Å². The fraction of sp³-hybridized carbons (Fsp3) is 0.296. The number of hydrogen-bond donors (Lipinski definition) is 2. The molecule has 2 aromatic carbocycles. The molecule has 0 aliphatic carbocycles. The predicted octanol–water partition coefficient (Wildman–Crippen LogP) is 5.31. The van der Waals surface area contributed by atoms with Crippen LogP contribution in [-0.2, 0) is 17.8 Å². The second kappa shape index (κ2) is 9.45. The van der Waals surface area contributed by atoms with E-state index < -0.39 is 11.9 Å². The zero-order valence-electron chi connectivity index (χ0n) is 19.6. The van der Waals surface area contributed by atoms with Gasteiger partial charge in [0.2, 0.25) is 0 Å². The Labute approximate surface area is 194 Å². The van der Waals surface area contributed by atoms with Gasteiger partial charge in [0.1, 0.15) is 17.3 Å². The molecule has 0 radical (unpaired) electrons. The number of imidazole rings is 1. The van der Waals surface area contributed by atoms with Crippen molar-refractivity contribution in [1.82, 2.24) is 14.5 Å². The van der Waals surface area contributed by atoms with Gasteiger partial charge in [0, 0.05) is 24.3 Å². The van der Waals surface area contributed by atoms with Crippen LogP contribution in [0.4, 0.5) is 5.69 Å². The molecule has 6 heteroatoms. The van der Waals surface area contributed by atoms with Gasteiger partial charge in [0.05, 0.1) is 6.54 Å². The van der Waals surface area contributed by atoms with E-state index in [1.165, 1.54) is 0 Å². The zero-order valence-corrected chi connectivity index (χ0v) is 19.6. The second-order valence-corrected chi connectivity index (χ2v) is 8.35. The lowest BCUT2D eigenvalue weighted by Crippen LogP contribution is -2.15. The third-order valence-electron chi connectivity index (χ3n) is 5.96. The molecule has 0 aliphatic rings. The van der Waals surface area contributed by atoms with Crippen molar-refractivity contribution in [1.29, 1.82) is 0 Å². The number of nitrogens with zero attached hydrogens (tertiary/aromatic N) is 3. The number of anilines is 1. The summed E-state index contributed by atoms with van der Waals surface area (Å²) in [5.74, 6) is -0.587. The molecule has 0 aliphatic heterocycles. The average Bonchev–Trinajstić information content (AvgIpc) is 3.14. The quantitative estimate of drug-likeness (QED) is 0.387. The van der Waals surface area contributed by atoms with E-state index in [9.17, 15) is 9.90 Å². The molecule has 0 fully saturated rings. The SMILES string of the molecule is CCNc1cc(C(C(=O)O)c2ccccc2)ccc1Cn1c(CC)nc2c(C)cc(C)nc21. The van der Waals surface area contributed by atoms with Gasteiger partial charge in [-0.05, 0) is 55.2 Å². The summed E-state index contributed by atoms with van der Waals surface area (Å²) in [6.45, 7) is 9.57. The highest BCUT2D eigenvalue weighted by atomic mass is 16.4. The van der Waals surface area contributed by atoms with Crippen molar-refractivity contribution in [3.63, 3.8) is 0 Å². The number of hydrogen-bond acceptors (Lipinski definition) is 4. The van der Waals surface area contributed by atoms with Crippen molar-refractivity contribution in [2.75, 3.05) is 11.9 Å². The van der Waals surface area contributed by atoms with Crippen molar-refractivity contribution in [2.24, 2.45) is 0 Å². The highest BCUT2D eigenvalue weighted by molar-refractivity contribution is 5.81. The van der Waals surface area contributed by atoms with Gasteiger partial charge in [-0.25, -0.2) is 9.97 Å². The number of rotatable bonds is 8. The van der Waals surface area contributed by atoms with Gasteiger partial charge >= 0.3 is 5.97 Å². The first-order chi connectivity index (χ1) is 15.9. The smallest absolute Gasteiger partial charge is 0.315 e. The van der Waals surface area contributed by atoms with Gasteiger partial charge in [-0.3, -0.25) is 4.79 Å². The number of aromatic nitrogens is 3. The molecule has 0 spiro atoms. The van der Waals surface area contributed by atoms with E-state index in [-0.39, 0.29) is 0 Å². The Hall–Kier alpha value is -3.67. The van der Waals surface area contributed by atoms with Crippen molar-refractivity contribution in [2.45, 2.75) is 46.6 Å². The Morgan fingerprint density at radius 1 is 1.03 bits per heavy atom. The summed E-state index contributed by atoms with van der Waals surface area (Å²) in [6, 6.07) is 17.4. The molecule has 33 heavy (non-hydrogen) atoms. The summed E-state index contributed by atoms with van der Waals surface area (Å²) >= 11 is 0. The van der Waals surface area contributed by atoms with Crippen molar-refractivity contribution < 1.29 is 9.90 Å². The number of carboxylic acids is 1. The average molecular weight is 443 g/mol. The number of aliphatic carboxylic acids is 1. The summed E-state index contributed by atoms with van der Waals surface area (Å²) in [7, 11) is 0. The Kier molecular flexibility index (Phi) is 6.45. The summed E-state index contributed by atoms with van der Waals surface area (Å²) in [6.07, 6.45) is 0.804. The zero-order chi connectivity index (χ0) is 23.5. The predicted molar refractivity (Wildman–Crippen MR) is 132 cm³/mol. The highest BCUT2D eigenvalue weighted by Crippen LogP contribution is 2.30. The van der Waals surface area contributed by atoms with E-state index in [2.05, 4.69) is 29.8 Å².